The molecular weight excluding hydrogens is 727 g/mol. The van der Waals surface area contributed by atoms with Crippen LogP contribution in [0.2, 0.25) is 0 Å². The Kier molecular flexibility index (Phi) is 6.63. The first-order chi connectivity index (χ1) is 29.2. The second-order valence-corrected chi connectivity index (χ2v) is 15.1. The lowest BCUT2D eigenvalue weighted by atomic mass is 9.91. The first-order valence-electron chi connectivity index (χ1n) is 19.7. The Morgan fingerprint density at radius 1 is 0.305 bits per heavy atom. The summed E-state index contributed by atoms with van der Waals surface area (Å²) in [5, 5.41) is 10.5. The van der Waals surface area contributed by atoms with Crippen molar-refractivity contribution in [2.45, 2.75) is 0 Å². The van der Waals surface area contributed by atoms with E-state index in [-0.39, 0.29) is 0 Å². The third kappa shape index (κ3) is 4.77. The highest BCUT2D eigenvalue weighted by atomic mass is 16.3. The Bertz CT molecular complexity index is 3870. The van der Waals surface area contributed by atoms with E-state index in [0.717, 1.165) is 115 Å². The van der Waals surface area contributed by atoms with Crippen LogP contribution >= 0.6 is 0 Å². The van der Waals surface area contributed by atoms with Gasteiger partial charge in [-0.1, -0.05) is 127 Å². The molecule has 0 atom stereocenters. The molecule has 0 bridgehead atoms. The summed E-state index contributed by atoms with van der Waals surface area (Å²) in [6.45, 7) is 0. The summed E-state index contributed by atoms with van der Waals surface area (Å²) in [7, 11) is 0. The van der Waals surface area contributed by atoms with Crippen molar-refractivity contribution in [3.05, 3.63) is 176 Å². The predicted molar refractivity (Wildman–Crippen MR) is 238 cm³/mol. The summed E-state index contributed by atoms with van der Waals surface area (Å²) in [6, 6.07) is 60.3. The fourth-order valence-corrected chi connectivity index (χ4v) is 9.04. The van der Waals surface area contributed by atoms with E-state index in [4.69, 9.17) is 28.2 Å². The lowest BCUT2D eigenvalue weighted by Crippen LogP contribution is -2.02. The standard InChI is InChI=1S/C53H29N3O3/c1-2-13-32-29-33(24-23-30(32)11-1)51-54-52(41-19-9-18-38-35-15-5-7-20-42(35)58-50(38)41)56-53(55-51)48-37(27-28-45-47(48)39-16-6-8-21-43(39)57-45)36-17-10-22-44-46(36)40-26-25-31-12-3-4-14-34(31)49(40)59-44/h1-29H. The van der Waals surface area contributed by atoms with Crippen molar-refractivity contribution in [3.8, 4) is 45.3 Å². The maximum Gasteiger partial charge on any atom is 0.167 e. The van der Waals surface area contributed by atoms with Gasteiger partial charge in [0, 0.05) is 48.8 Å². The van der Waals surface area contributed by atoms with Gasteiger partial charge >= 0.3 is 0 Å². The quantitative estimate of drug-likeness (QED) is 0.178. The molecule has 0 unspecified atom stereocenters. The van der Waals surface area contributed by atoms with Gasteiger partial charge in [0.05, 0.1) is 5.56 Å². The van der Waals surface area contributed by atoms with Crippen molar-refractivity contribution >= 4 is 87.4 Å². The molecule has 0 saturated carbocycles. The molecule has 59 heavy (non-hydrogen) atoms. The number of benzene rings is 9. The number of hydrogen-bond donors (Lipinski definition) is 0. The van der Waals surface area contributed by atoms with Crippen LogP contribution in [0.25, 0.3) is 133 Å². The highest BCUT2D eigenvalue weighted by Crippen LogP contribution is 2.47. The van der Waals surface area contributed by atoms with Crippen LogP contribution < -0.4 is 0 Å². The van der Waals surface area contributed by atoms with Crippen molar-refractivity contribution in [2.75, 3.05) is 0 Å². The SMILES string of the molecule is c1ccc2cc(-c3nc(-c4cccc5c4oc4ccccc45)nc(-c4c(-c5cccc6oc7c8ccccc8ccc7c56)ccc5oc6ccccc6c45)n3)ccc2c1. The van der Waals surface area contributed by atoms with Gasteiger partial charge in [0.25, 0.3) is 0 Å². The molecule has 0 fully saturated rings. The topological polar surface area (TPSA) is 78.1 Å². The molecule has 13 aromatic rings. The number of fused-ring (bicyclic) bond motifs is 12. The van der Waals surface area contributed by atoms with Gasteiger partial charge in [0.2, 0.25) is 0 Å². The molecule has 0 aliphatic carbocycles. The molecule has 0 spiro atoms. The summed E-state index contributed by atoms with van der Waals surface area (Å²) in [6.07, 6.45) is 0. The maximum atomic E-state index is 6.70. The average Bonchev–Trinajstić information content (AvgIpc) is 4.00. The van der Waals surface area contributed by atoms with Crippen LogP contribution in [0.15, 0.2) is 189 Å². The van der Waals surface area contributed by atoms with Crippen molar-refractivity contribution in [1.29, 1.82) is 0 Å². The van der Waals surface area contributed by atoms with E-state index in [0.29, 0.717) is 17.5 Å². The van der Waals surface area contributed by atoms with E-state index >= 15 is 0 Å². The number of hydrogen-bond acceptors (Lipinski definition) is 6. The van der Waals surface area contributed by atoms with Crippen LogP contribution in [-0.4, -0.2) is 15.0 Å². The minimum Gasteiger partial charge on any atom is -0.456 e. The second-order valence-electron chi connectivity index (χ2n) is 15.1. The van der Waals surface area contributed by atoms with E-state index in [9.17, 15) is 0 Å². The van der Waals surface area contributed by atoms with E-state index in [1.54, 1.807) is 0 Å². The Hall–Kier alpha value is -8.09. The van der Waals surface area contributed by atoms with Crippen molar-refractivity contribution in [2.24, 2.45) is 0 Å². The van der Waals surface area contributed by atoms with Crippen LogP contribution in [0.1, 0.15) is 0 Å². The fraction of sp³-hybridized carbons (Fsp3) is 0. The number of aromatic nitrogens is 3. The number of para-hydroxylation sites is 3. The summed E-state index contributed by atoms with van der Waals surface area (Å²) < 4.78 is 19.8. The van der Waals surface area contributed by atoms with Gasteiger partial charge in [-0.3, -0.25) is 0 Å². The monoisotopic (exact) mass is 755 g/mol. The highest BCUT2D eigenvalue weighted by Gasteiger charge is 2.25. The molecule has 4 heterocycles. The van der Waals surface area contributed by atoms with E-state index in [2.05, 4.69) is 121 Å². The molecule has 0 N–H and O–H groups in total. The van der Waals surface area contributed by atoms with E-state index in [1.807, 2.05) is 54.6 Å². The fourth-order valence-electron chi connectivity index (χ4n) is 9.04. The first-order valence-corrected chi connectivity index (χ1v) is 19.7. The van der Waals surface area contributed by atoms with Crippen molar-refractivity contribution in [3.63, 3.8) is 0 Å². The van der Waals surface area contributed by atoms with Crippen LogP contribution in [-0.2, 0) is 0 Å². The van der Waals surface area contributed by atoms with E-state index < -0.39 is 0 Å². The van der Waals surface area contributed by atoms with Gasteiger partial charge in [0.1, 0.15) is 33.5 Å². The largest absolute Gasteiger partial charge is 0.456 e. The van der Waals surface area contributed by atoms with Gasteiger partial charge in [-0.25, -0.2) is 15.0 Å². The molecule has 6 nitrogen and oxygen atoms in total. The van der Waals surface area contributed by atoms with Crippen molar-refractivity contribution in [1.82, 2.24) is 15.0 Å². The van der Waals surface area contributed by atoms with Crippen LogP contribution in [0.4, 0.5) is 0 Å². The van der Waals surface area contributed by atoms with Gasteiger partial charge in [0.15, 0.2) is 17.5 Å². The summed E-state index contributed by atoms with van der Waals surface area (Å²) in [5.74, 6) is 1.59. The van der Waals surface area contributed by atoms with Crippen LogP contribution in [0.3, 0.4) is 0 Å². The molecule has 0 aliphatic rings. The first kappa shape index (κ1) is 32.0. The molecule has 13 rings (SSSR count). The predicted octanol–water partition coefficient (Wildman–Crippen LogP) is 14.5. The normalized spacial score (nSPS) is 12.1. The van der Waals surface area contributed by atoms with Gasteiger partial charge in [-0.05, 0) is 75.8 Å². The third-order valence-electron chi connectivity index (χ3n) is 11.7. The molecule has 0 radical (unpaired) electrons. The number of nitrogens with zero attached hydrogens (tertiary/aromatic N) is 3. The molecule has 274 valence electrons. The smallest absolute Gasteiger partial charge is 0.167 e. The number of rotatable bonds is 4. The minimum absolute atomic E-state index is 0.511. The van der Waals surface area contributed by atoms with Crippen molar-refractivity contribution < 1.29 is 13.3 Å². The highest BCUT2D eigenvalue weighted by molar-refractivity contribution is 6.22. The van der Waals surface area contributed by atoms with Crippen LogP contribution in [0.5, 0.6) is 0 Å². The zero-order valence-corrected chi connectivity index (χ0v) is 31.3. The summed E-state index contributed by atoms with van der Waals surface area (Å²) in [5.41, 5.74) is 9.20. The minimum atomic E-state index is 0.511. The second kappa shape index (κ2) is 12.2. The third-order valence-corrected chi connectivity index (χ3v) is 11.7. The Balaban J connectivity index is 1.16. The van der Waals surface area contributed by atoms with Crippen LogP contribution in [0, 0.1) is 0 Å². The average molecular weight is 756 g/mol. The summed E-state index contributed by atoms with van der Waals surface area (Å²) in [4.78, 5) is 16.1. The Morgan fingerprint density at radius 3 is 1.83 bits per heavy atom. The maximum absolute atomic E-state index is 6.70. The number of furan rings is 3. The Labute approximate surface area is 335 Å². The lowest BCUT2D eigenvalue weighted by molar-refractivity contribution is 0.668. The van der Waals surface area contributed by atoms with Gasteiger partial charge in [-0.15, -0.1) is 0 Å². The molecule has 6 heteroatoms. The molecule has 0 saturated heterocycles. The van der Waals surface area contributed by atoms with Gasteiger partial charge < -0.3 is 13.3 Å². The van der Waals surface area contributed by atoms with E-state index in [1.165, 1.54) is 0 Å². The Morgan fingerprint density at radius 2 is 0.932 bits per heavy atom. The molecule has 0 amide bonds. The molecular formula is C53H29N3O3. The molecule has 9 aromatic carbocycles. The molecule has 4 aromatic heterocycles. The zero-order valence-electron chi connectivity index (χ0n) is 31.3. The zero-order chi connectivity index (χ0) is 38.6. The lowest BCUT2D eigenvalue weighted by Gasteiger charge is -2.14. The molecule has 0 aliphatic heterocycles. The van der Waals surface area contributed by atoms with Gasteiger partial charge in [-0.2, -0.15) is 0 Å². The summed E-state index contributed by atoms with van der Waals surface area (Å²) >= 11 is 0.